The van der Waals surface area contributed by atoms with Crippen molar-refractivity contribution < 1.29 is 9.59 Å². The topological polar surface area (TPSA) is 121 Å². The number of nitrogens with one attached hydrogen (secondary N) is 4. The number of hydrogen-bond donors (Lipinski definition) is 4. The molecule has 9 nitrogen and oxygen atoms in total. The fraction of sp³-hybridized carbons (Fsp3) is 0.353. The highest BCUT2D eigenvalue weighted by molar-refractivity contribution is 5.90. The Morgan fingerprint density at radius 3 is 2.81 bits per heavy atom. The van der Waals surface area contributed by atoms with Crippen molar-refractivity contribution in [3.63, 3.8) is 0 Å². The summed E-state index contributed by atoms with van der Waals surface area (Å²) in [6.45, 7) is 2.74. The number of aryl methyl sites for hydroxylation is 1. The number of anilines is 3. The molecule has 9 heteroatoms. The fourth-order valence-electron chi connectivity index (χ4n) is 2.60. The molecule has 0 radical (unpaired) electrons. The Balaban J connectivity index is 1.48. The van der Waals surface area contributed by atoms with Gasteiger partial charge in [0.2, 0.25) is 11.8 Å². The Morgan fingerprint density at radius 2 is 2.08 bits per heavy atom. The van der Waals surface area contributed by atoms with Crippen LogP contribution in [-0.2, 0) is 9.59 Å². The molecule has 26 heavy (non-hydrogen) atoms. The van der Waals surface area contributed by atoms with E-state index in [9.17, 15) is 9.59 Å². The number of aromatic nitrogens is 3. The molecule has 1 fully saturated rings. The zero-order chi connectivity index (χ0) is 18.4. The third kappa shape index (κ3) is 4.88. The minimum absolute atomic E-state index is 0.0762. The summed E-state index contributed by atoms with van der Waals surface area (Å²) in [5.74, 6) is 2.37. The van der Waals surface area contributed by atoms with Crippen molar-refractivity contribution in [3.05, 3.63) is 36.3 Å². The van der Waals surface area contributed by atoms with Gasteiger partial charge in [0.1, 0.15) is 29.3 Å². The van der Waals surface area contributed by atoms with Crippen LogP contribution >= 0.6 is 0 Å². The van der Waals surface area contributed by atoms with E-state index in [2.05, 4.69) is 36.2 Å². The molecular formula is C17H21N7O2. The average molecular weight is 355 g/mol. The molecule has 0 bridgehead atoms. The molecule has 0 unspecified atom stereocenters. The molecule has 0 aromatic carbocycles. The number of pyridine rings is 1. The number of rotatable bonds is 7. The Hall–Kier alpha value is -3.23. The first-order valence-corrected chi connectivity index (χ1v) is 8.45. The first kappa shape index (κ1) is 17.6. The maximum absolute atomic E-state index is 11.9. The molecule has 0 saturated carbocycles. The summed E-state index contributed by atoms with van der Waals surface area (Å²) in [7, 11) is 0. The van der Waals surface area contributed by atoms with Gasteiger partial charge in [0, 0.05) is 31.8 Å². The molecule has 136 valence electrons. The van der Waals surface area contributed by atoms with Crippen LogP contribution in [0.25, 0.3) is 0 Å². The van der Waals surface area contributed by atoms with Gasteiger partial charge in [-0.3, -0.25) is 9.59 Å². The predicted octanol–water partition coefficient (Wildman–Crippen LogP) is 0.730. The van der Waals surface area contributed by atoms with E-state index in [4.69, 9.17) is 0 Å². The van der Waals surface area contributed by atoms with Crippen LogP contribution in [0.2, 0.25) is 0 Å². The molecule has 2 aromatic rings. The van der Waals surface area contributed by atoms with Crippen LogP contribution in [0.15, 0.2) is 30.5 Å². The van der Waals surface area contributed by atoms with Crippen LogP contribution in [-0.4, -0.2) is 45.9 Å². The van der Waals surface area contributed by atoms with Gasteiger partial charge in [-0.15, -0.1) is 0 Å². The maximum Gasteiger partial charge on any atom is 0.242 e. The quantitative estimate of drug-likeness (QED) is 0.540. The van der Waals surface area contributed by atoms with Crippen LogP contribution in [0.4, 0.5) is 17.5 Å². The second kappa shape index (κ2) is 8.24. The largest absolute Gasteiger partial charge is 0.368 e. The van der Waals surface area contributed by atoms with Gasteiger partial charge in [0.05, 0.1) is 0 Å². The summed E-state index contributed by atoms with van der Waals surface area (Å²) >= 11 is 0. The molecular weight excluding hydrogens is 334 g/mol. The average Bonchev–Trinajstić information content (AvgIpc) is 3.05. The van der Waals surface area contributed by atoms with Crippen LogP contribution < -0.4 is 21.3 Å². The monoisotopic (exact) mass is 355 g/mol. The summed E-state index contributed by atoms with van der Waals surface area (Å²) < 4.78 is 0. The molecule has 3 rings (SSSR count). The van der Waals surface area contributed by atoms with E-state index in [0.29, 0.717) is 49.2 Å². The number of hydrogen-bond acceptors (Lipinski definition) is 7. The standard InChI is InChI=1S/C17H21N7O2/c1-11-21-14(10-15(22-11)24-13-4-2-3-7-18-13)19-8-9-20-17(26)12-5-6-16(25)23-12/h2-4,7,10,12H,5-6,8-9H2,1H3,(H,20,26)(H,23,25)(H2,18,19,21,22,24)/t12-/m1/s1. The van der Waals surface area contributed by atoms with Crippen molar-refractivity contribution in [1.82, 2.24) is 25.6 Å². The van der Waals surface area contributed by atoms with E-state index in [1.165, 1.54) is 0 Å². The third-order valence-corrected chi connectivity index (χ3v) is 3.80. The van der Waals surface area contributed by atoms with Crippen LogP contribution in [0.3, 0.4) is 0 Å². The molecule has 1 aliphatic heterocycles. The lowest BCUT2D eigenvalue weighted by atomic mass is 10.2. The Kier molecular flexibility index (Phi) is 5.57. The van der Waals surface area contributed by atoms with Crippen molar-refractivity contribution >= 4 is 29.3 Å². The lowest BCUT2D eigenvalue weighted by Gasteiger charge is -2.12. The van der Waals surface area contributed by atoms with E-state index in [-0.39, 0.29) is 11.8 Å². The molecule has 3 heterocycles. The van der Waals surface area contributed by atoms with Gasteiger partial charge in [-0.1, -0.05) is 6.07 Å². The third-order valence-electron chi connectivity index (χ3n) is 3.80. The molecule has 1 saturated heterocycles. The van der Waals surface area contributed by atoms with Crippen LogP contribution in [0, 0.1) is 6.92 Å². The molecule has 1 aliphatic rings. The van der Waals surface area contributed by atoms with Gasteiger partial charge in [-0.2, -0.15) is 0 Å². The van der Waals surface area contributed by atoms with Crippen molar-refractivity contribution in [3.8, 4) is 0 Å². The van der Waals surface area contributed by atoms with Gasteiger partial charge < -0.3 is 21.3 Å². The van der Waals surface area contributed by atoms with E-state index in [1.54, 1.807) is 19.2 Å². The number of amides is 2. The van der Waals surface area contributed by atoms with Crippen LogP contribution in [0.1, 0.15) is 18.7 Å². The van der Waals surface area contributed by atoms with E-state index in [1.807, 2.05) is 18.2 Å². The summed E-state index contributed by atoms with van der Waals surface area (Å²) in [6.07, 6.45) is 2.65. The smallest absolute Gasteiger partial charge is 0.242 e. The Bertz CT molecular complexity index is 782. The second-order valence-corrected chi connectivity index (χ2v) is 5.90. The van der Waals surface area contributed by atoms with E-state index < -0.39 is 6.04 Å². The predicted molar refractivity (Wildman–Crippen MR) is 97.0 cm³/mol. The number of carbonyl (C=O) groups excluding carboxylic acids is 2. The number of nitrogens with zero attached hydrogens (tertiary/aromatic N) is 3. The number of carbonyl (C=O) groups is 2. The molecule has 0 spiro atoms. The fourth-order valence-corrected chi connectivity index (χ4v) is 2.60. The summed E-state index contributed by atoms with van der Waals surface area (Å²) in [5.41, 5.74) is 0. The van der Waals surface area contributed by atoms with Gasteiger partial charge in [-0.05, 0) is 25.5 Å². The summed E-state index contributed by atoms with van der Waals surface area (Å²) in [5, 5.41) is 11.7. The molecule has 2 aromatic heterocycles. The summed E-state index contributed by atoms with van der Waals surface area (Å²) in [4.78, 5) is 35.9. The molecule has 2 amide bonds. The zero-order valence-electron chi connectivity index (χ0n) is 14.5. The Morgan fingerprint density at radius 1 is 1.23 bits per heavy atom. The normalized spacial score (nSPS) is 16.0. The zero-order valence-corrected chi connectivity index (χ0v) is 14.5. The highest BCUT2D eigenvalue weighted by Gasteiger charge is 2.26. The second-order valence-electron chi connectivity index (χ2n) is 5.90. The van der Waals surface area contributed by atoms with Gasteiger partial charge in [-0.25, -0.2) is 15.0 Å². The summed E-state index contributed by atoms with van der Waals surface area (Å²) in [6, 6.07) is 6.94. The van der Waals surface area contributed by atoms with Gasteiger partial charge in [0.25, 0.3) is 0 Å². The SMILES string of the molecule is Cc1nc(NCCNC(=O)[C@H]2CCC(=O)N2)cc(Nc2ccccn2)n1. The van der Waals surface area contributed by atoms with Gasteiger partial charge in [0.15, 0.2) is 0 Å². The molecule has 4 N–H and O–H groups in total. The highest BCUT2D eigenvalue weighted by atomic mass is 16.2. The van der Waals surface area contributed by atoms with Crippen molar-refractivity contribution in [2.75, 3.05) is 23.7 Å². The van der Waals surface area contributed by atoms with Crippen molar-refractivity contribution in [2.45, 2.75) is 25.8 Å². The Labute approximate surface area is 151 Å². The molecule has 0 aliphatic carbocycles. The maximum atomic E-state index is 11.9. The lowest BCUT2D eigenvalue weighted by Crippen LogP contribution is -2.43. The van der Waals surface area contributed by atoms with E-state index >= 15 is 0 Å². The molecule has 1 atom stereocenters. The lowest BCUT2D eigenvalue weighted by molar-refractivity contribution is -0.125. The first-order chi connectivity index (χ1) is 12.6. The van der Waals surface area contributed by atoms with Crippen LogP contribution in [0.5, 0.6) is 0 Å². The van der Waals surface area contributed by atoms with Crippen molar-refractivity contribution in [1.29, 1.82) is 0 Å². The minimum atomic E-state index is -0.419. The van der Waals surface area contributed by atoms with Gasteiger partial charge >= 0.3 is 0 Å². The first-order valence-electron chi connectivity index (χ1n) is 8.45. The van der Waals surface area contributed by atoms with Crippen molar-refractivity contribution in [2.24, 2.45) is 0 Å². The highest BCUT2D eigenvalue weighted by Crippen LogP contribution is 2.15. The van der Waals surface area contributed by atoms with E-state index in [0.717, 1.165) is 0 Å². The minimum Gasteiger partial charge on any atom is -0.368 e.